The molecule has 1 amide bonds. The van der Waals surface area contributed by atoms with Crippen molar-refractivity contribution in [3.05, 3.63) is 29.8 Å². The first kappa shape index (κ1) is 11.7. The predicted molar refractivity (Wildman–Crippen MR) is 59.7 cm³/mol. The molecule has 0 aliphatic carbocycles. The third-order valence-electron chi connectivity index (χ3n) is 2.19. The van der Waals surface area contributed by atoms with Gasteiger partial charge in [0.05, 0.1) is 0 Å². The second-order valence-electron chi connectivity index (χ2n) is 3.26. The average molecular weight is 208 g/mol. The summed E-state index contributed by atoms with van der Waals surface area (Å²) in [6.07, 6.45) is -0.593. The number of methoxy groups -OCH3 is 1. The van der Waals surface area contributed by atoms with Crippen molar-refractivity contribution < 1.29 is 9.53 Å². The summed E-state index contributed by atoms with van der Waals surface area (Å²) >= 11 is 0. The van der Waals surface area contributed by atoms with Crippen LogP contribution in [0.3, 0.4) is 0 Å². The Morgan fingerprint density at radius 3 is 2.73 bits per heavy atom. The fraction of sp³-hybridized carbons (Fsp3) is 0.364. The molecule has 0 aromatic heterocycles. The number of ether oxygens (including phenoxy) is 1. The lowest BCUT2D eigenvalue weighted by atomic mass is 10.2. The zero-order chi connectivity index (χ0) is 11.3. The molecule has 0 bridgehead atoms. The van der Waals surface area contributed by atoms with E-state index in [2.05, 4.69) is 5.32 Å². The van der Waals surface area contributed by atoms with Crippen molar-refractivity contribution in [1.82, 2.24) is 0 Å². The van der Waals surface area contributed by atoms with E-state index in [0.29, 0.717) is 0 Å². The predicted octanol–water partition coefficient (Wildman–Crippen LogP) is 0.907. The molecule has 0 saturated heterocycles. The second-order valence-corrected chi connectivity index (χ2v) is 3.26. The molecule has 0 aliphatic heterocycles. The van der Waals surface area contributed by atoms with Gasteiger partial charge >= 0.3 is 0 Å². The molecule has 1 rings (SSSR count). The van der Waals surface area contributed by atoms with E-state index in [4.69, 9.17) is 10.5 Å². The van der Waals surface area contributed by atoms with E-state index in [1.54, 1.807) is 0 Å². The normalized spacial score (nSPS) is 12.2. The van der Waals surface area contributed by atoms with Gasteiger partial charge in [0.1, 0.15) is 6.10 Å². The highest BCUT2D eigenvalue weighted by Gasteiger charge is 2.15. The SMILES string of the molecule is COC(CN)C(=O)Nc1ccccc1C. The molecule has 82 valence electrons. The zero-order valence-corrected chi connectivity index (χ0v) is 8.99. The number of anilines is 1. The lowest BCUT2D eigenvalue weighted by Gasteiger charge is -2.14. The Balaban J connectivity index is 2.70. The lowest BCUT2D eigenvalue weighted by Crippen LogP contribution is -2.36. The van der Waals surface area contributed by atoms with Crippen LogP contribution in [0.1, 0.15) is 5.56 Å². The van der Waals surface area contributed by atoms with Gasteiger partial charge in [-0.25, -0.2) is 0 Å². The highest BCUT2D eigenvalue weighted by atomic mass is 16.5. The minimum absolute atomic E-state index is 0.175. The molecular formula is C11H16N2O2. The molecule has 15 heavy (non-hydrogen) atoms. The Hall–Kier alpha value is -1.39. The Bertz CT molecular complexity index is 335. The van der Waals surface area contributed by atoms with Gasteiger partial charge in [0.2, 0.25) is 0 Å². The van der Waals surface area contributed by atoms with Crippen molar-refractivity contribution in [1.29, 1.82) is 0 Å². The van der Waals surface area contributed by atoms with Gasteiger partial charge in [0, 0.05) is 19.3 Å². The van der Waals surface area contributed by atoms with Crippen LogP contribution in [0, 0.1) is 6.92 Å². The molecule has 1 aromatic carbocycles. The van der Waals surface area contributed by atoms with Crippen LogP contribution in [-0.4, -0.2) is 25.7 Å². The third kappa shape index (κ3) is 3.04. The summed E-state index contributed by atoms with van der Waals surface area (Å²) in [6, 6.07) is 7.56. The summed E-state index contributed by atoms with van der Waals surface area (Å²) in [5.41, 5.74) is 7.19. The average Bonchev–Trinajstić information content (AvgIpc) is 2.23. The van der Waals surface area contributed by atoms with Crippen LogP contribution in [0.5, 0.6) is 0 Å². The first-order valence-electron chi connectivity index (χ1n) is 4.78. The fourth-order valence-corrected chi connectivity index (χ4v) is 1.24. The van der Waals surface area contributed by atoms with Crippen LogP contribution in [0.4, 0.5) is 5.69 Å². The number of hydrogen-bond acceptors (Lipinski definition) is 3. The van der Waals surface area contributed by atoms with Gasteiger partial charge in [0.25, 0.3) is 5.91 Å². The number of carbonyl (C=O) groups excluding carboxylic acids is 1. The van der Waals surface area contributed by atoms with Crippen molar-refractivity contribution >= 4 is 11.6 Å². The van der Waals surface area contributed by atoms with Crippen molar-refractivity contribution in [2.75, 3.05) is 19.0 Å². The van der Waals surface area contributed by atoms with E-state index in [-0.39, 0.29) is 12.5 Å². The summed E-state index contributed by atoms with van der Waals surface area (Å²) in [4.78, 5) is 11.6. The molecular weight excluding hydrogens is 192 g/mol. The number of para-hydroxylation sites is 1. The maximum absolute atomic E-state index is 11.6. The molecule has 0 aliphatic rings. The van der Waals surface area contributed by atoms with E-state index < -0.39 is 6.10 Å². The molecule has 4 heteroatoms. The summed E-state index contributed by atoms with van der Waals surface area (Å²) in [7, 11) is 1.47. The van der Waals surface area contributed by atoms with Gasteiger partial charge < -0.3 is 15.8 Å². The minimum Gasteiger partial charge on any atom is -0.370 e. The largest absolute Gasteiger partial charge is 0.370 e. The Morgan fingerprint density at radius 2 is 2.20 bits per heavy atom. The Morgan fingerprint density at radius 1 is 1.53 bits per heavy atom. The fourth-order valence-electron chi connectivity index (χ4n) is 1.24. The van der Waals surface area contributed by atoms with E-state index in [0.717, 1.165) is 11.3 Å². The van der Waals surface area contributed by atoms with Crippen LogP contribution in [0.2, 0.25) is 0 Å². The van der Waals surface area contributed by atoms with E-state index in [1.165, 1.54) is 7.11 Å². The van der Waals surface area contributed by atoms with Gasteiger partial charge in [-0.05, 0) is 18.6 Å². The molecule has 1 unspecified atom stereocenters. The number of carbonyl (C=O) groups is 1. The maximum atomic E-state index is 11.6. The number of rotatable bonds is 4. The molecule has 3 N–H and O–H groups in total. The molecule has 0 fully saturated rings. The first-order valence-corrected chi connectivity index (χ1v) is 4.78. The quantitative estimate of drug-likeness (QED) is 0.773. The monoisotopic (exact) mass is 208 g/mol. The minimum atomic E-state index is -0.593. The number of hydrogen-bond donors (Lipinski definition) is 2. The summed E-state index contributed by atoms with van der Waals surface area (Å²) in [5, 5.41) is 2.77. The van der Waals surface area contributed by atoms with Gasteiger partial charge in [-0.15, -0.1) is 0 Å². The second kappa shape index (κ2) is 5.48. The van der Waals surface area contributed by atoms with Gasteiger partial charge in [-0.1, -0.05) is 18.2 Å². The number of nitrogens with two attached hydrogens (primary N) is 1. The first-order chi connectivity index (χ1) is 7.19. The molecule has 0 saturated carbocycles. The van der Waals surface area contributed by atoms with Gasteiger partial charge in [0.15, 0.2) is 0 Å². The van der Waals surface area contributed by atoms with Crippen LogP contribution >= 0.6 is 0 Å². The Kier molecular flexibility index (Phi) is 4.27. The van der Waals surface area contributed by atoms with E-state index in [1.807, 2.05) is 31.2 Å². The van der Waals surface area contributed by atoms with Crippen LogP contribution in [0.15, 0.2) is 24.3 Å². The van der Waals surface area contributed by atoms with Crippen molar-refractivity contribution in [2.45, 2.75) is 13.0 Å². The van der Waals surface area contributed by atoms with Crippen molar-refractivity contribution in [3.8, 4) is 0 Å². The van der Waals surface area contributed by atoms with Crippen LogP contribution in [0.25, 0.3) is 0 Å². The summed E-state index contributed by atoms with van der Waals surface area (Å²) < 4.78 is 4.94. The highest BCUT2D eigenvalue weighted by molar-refractivity contribution is 5.94. The highest BCUT2D eigenvalue weighted by Crippen LogP contribution is 2.13. The number of benzene rings is 1. The van der Waals surface area contributed by atoms with E-state index in [9.17, 15) is 4.79 Å². The summed E-state index contributed by atoms with van der Waals surface area (Å²) in [5.74, 6) is -0.214. The van der Waals surface area contributed by atoms with Gasteiger partial charge in [-0.2, -0.15) is 0 Å². The molecule has 1 atom stereocenters. The number of aryl methyl sites for hydroxylation is 1. The molecule has 0 spiro atoms. The number of nitrogens with one attached hydrogen (secondary N) is 1. The molecule has 4 nitrogen and oxygen atoms in total. The zero-order valence-electron chi connectivity index (χ0n) is 8.99. The molecule has 0 heterocycles. The van der Waals surface area contributed by atoms with Crippen LogP contribution in [-0.2, 0) is 9.53 Å². The maximum Gasteiger partial charge on any atom is 0.254 e. The molecule has 1 aromatic rings. The van der Waals surface area contributed by atoms with Crippen molar-refractivity contribution in [3.63, 3.8) is 0 Å². The topological polar surface area (TPSA) is 64.3 Å². The Labute approximate surface area is 89.4 Å². The van der Waals surface area contributed by atoms with Crippen LogP contribution < -0.4 is 11.1 Å². The third-order valence-corrected chi connectivity index (χ3v) is 2.19. The standard InChI is InChI=1S/C11H16N2O2/c1-8-5-3-4-6-9(8)13-11(14)10(7-12)15-2/h3-6,10H,7,12H2,1-2H3,(H,13,14). The van der Waals surface area contributed by atoms with Crippen molar-refractivity contribution in [2.24, 2.45) is 5.73 Å². The molecule has 0 radical (unpaired) electrons. The van der Waals surface area contributed by atoms with Gasteiger partial charge in [-0.3, -0.25) is 4.79 Å². The lowest BCUT2D eigenvalue weighted by molar-refractivity contribution is -0.125. The summed E-state index contributed by atoms with van der Waals surface area (Å²) in [6.45, 7) is 2.11. The smallest absolute Gasteiger partial charge is 0.254 e. The number of amides is 1. The van der Waals surface area contributed by atoms with E-state index >= 15 is 0 Å².